The Bertz CT molecular complexity index is 974. The molecule has 0 aliphatic carbocycles. The first-order chi connectivity index (χ1) is 15.0. The van der Waals surface area contributed by atoms with Crippen LogP contribution >= 0.6 is 0 Å². The highest BCUT2D eigenvalue weighted by atomic mass is 16.5. The summed E-state index contributed by atoms with van der Waals surface area (Å²) in [5, 5.41) is 15.7. The number of nitrogens with one attached hydrogen (secondary N) is 2. The molecule has 0 bridgehead atoms. The number of rotatable bonds is 5. The van der Waals surface area contributed by atoms with E-state index in [1.54, 1.807) is 14.0 Å². The zero-order valence-corrected chi connectivity index (χ0v) is 18.1. The predicted octanol–water partition coefficient (Wildman–Crippen LogP) is 3.51. The largest absolute Gasteiger partial charge is 0.497 e. The minimum atomic E-state index is -0.327. The van der Waals surface area contributed by atoms with Crippen LogP contribution in [0.4, 0.5) is 0 Å². The molecule has 2 unspecified atom stereocenters. The van der Waals surface area contributed by atoms with Gasteiger partial charge in [-0.1, -0.05) is 12.1 Å². The van der Waals surface area contributed by atoms with Gasteiger partial charge in [0.05, 0.1) is 24.8 Å². The second-order valence-corrected chi connectivity index (χ2v) is 8.45. The van der Waals surface area contributed by atoms with Crippen molar-refractivity contribution in [3.63, 3.8) is 0 Å². The van der Waals surface area contributed by atoms with E-state index in [1.807, 2.05) is 42.5 Å². The van der Waals surface area contributed by atoms with E-state index in [0.29, 0.717) is 5.56 Å². The first-order valence-electron chi connectivity index (χ1n) is 10.9. The van der Waals surface area contributed by atoms with Gasteiger partial charge >= 0.3 is 0 Å². The van der Waals surface area contributed by atoms with E-state index >= 15 is 0 Å². The average Bonchev–Trinajstić information content (AvgIpc) is 2.79. The Balaban J connectivity index is 1.70. The molecule has 162 valence electrons. The number of hydrogen-bond acceptors (Lipinski definition) is 5. The van der Waals surface area contributed by atoms with Gasteiger partial charge in [0.15, 0.2) is 0 Å². The fraction of sp³-hybridized carbons (Fsp3) is 0.440. The monoisotopic (exact) mass is 419 g/mol. The number of carbonyl (C=O) groups is 1. The molecule has 4 rings (SSSR count). The summed E-state index contributed by atoms with van der Waals surface area (Å²) in [6.45, 7) is 3.36. The van der Waals surface area contributed by atoms with Crippen molar-refractivity contribution in [2.75, 3.05) is 20.2 Å². The average molecular weight is 420 g/mol. The minimum absolute atomic E-state index is 0.0480. The summed E-state index contributed by atoms with van der Waals surface area (Å²) in [5.74, 6) is 1.66. The van der Waals surface area contributed by atoms with Gasteiger partial charge < -0.3 is 20.1 Å². The topological polar surface area (TPSA) is 83.4 Å². The highest BCUT2D eigenvalue weighted by Crippen LogP contribution is 2.50. The van der Waals surface area contributed by atoms with E-state index in [2.05, 4.69) is 16.7 Å². The minimum Gasteiger partial charge on any atom is -0.497 e. The first-order valence-corrected chi connectivity index (χ1v) is 10.9. The van der Waals surface area contributed by atoms with Crippen LogP contribution < -0.4 is 20.1 Å². The predicted molar refractivity (Wildman–Crippen MR) is 118 cm³/mol. The Morgan fingerprint density at radius 1 is 1.26 bits per heavy atom. The van der Waals surface area contributed by atoms with Crippen molar-refractivity contribution in [1.82, 2.24) is 10.6 Å². The lowest BCUT2D eigenvalue weighted by Crippen LogP contribution is -2.57. The fourth-order valence-electron chi connectivity index (χ4n) is 5.02. The van der Waals surface area contributed by atoms with Crippen LogP contribution in [0.5, 0.6) is 11.5 Å². The highest BCUT2D eigenvalue weighted by Gasteiger charge is 2.50. The zero-order chi connectivity index (χ0) is 21.8. The van der Waals surface area contributed by atoms with Crippen LogP contribution in [0.1, 0.15) is 48.9 Å². The first kappa shape index (κ1) is 21.2. The van der Waals surface area contributed by atoms with Crippen molar-refractivity contribution in [1.29, 1.82) is 5.26 Å². The second kappa shape index (κ2) is 8.99. The number of amides is 1. The molecule has 1 saturated heterocycles. The van der Waals surface area contributed by atoms with Crippen LogP contribution in [-0.2, 0) is 11.2 Å². The maximum Gasteiger partial charge on any atom is 0.217 e. The number of benzene rings is 2. The number of methoxy groups -OCH3 is 1. The van der Waals surface area contributed by atoms with Gasteiger partial charge in [0, 0.05) is 18.4 Å². The van der Waals surface area contributed by atoms with Gasteiger partial charge in [-0.2, -0.15) is 5.26 Å². The third kappa shape index (κ3) is 4.38. The molecule has 1 amide bonds. The normalized spacial score (nSPS) is 21.5. The van der Waals surface area contributed by atoms with E-state index in [0.717, 1.165) is 55.8 Å². The third-order valence-electron chi connectivity index (χ3n) is 6.58. The van der Waals surface area contributed by atoms with Crippen molar-refractivity contribution in [2.24, 2.45) is 5.92 Å². The summed E-state index contributed by atoms with van der Waals surface area (Å²) in [6.07, 6.45) is 3.51. The molecule has 0 radical (unpaired) electrons. The van der Waals surface area contributed by atoms with E-state index in [-0.39, 0.29) is 23.5 Å². The summed E-state index contributed by atoms with van der Waals surface area (Å²) in [5.41, 5.74) is 2.49. The molecule has 1 spiro atoms. The molecular weight excluding hydrogens is 390 g/mol. The van der Waals surface area contributed by atoms with Gasteiger partial charge in [-0.25, -0.2) is 0 Å². The molecule has 6 nitrogen and oxygen atoms in total. The van der Waals surface area contributed by atoms with Crippen molar-refractivity contribution >= 4 is 5.91 Å². The van der Waals surface area contributed by atoms with E-state index in [1.165, 1.54) is 5.56 Å². The van der Waals surface area contributed by atoms with Crippen LogP contribution in [0.25, 0.3) is 0 Å². The van der Waals surface area contributed by atoms with Gasteiger partial charge in [0.25, 0.3) is 0 Å². The molecule has 2 aromatic rings. The zero-order valence-electron chi connectivity index (χ0n) is 18.1. The number of fused-ring (bicyclic) bond motifs is 1. The molecule has 1 fully saturated rings. The van der Waals surface area contributed by atoms with Crippen molar-refractivity contribution in [3.05, 3.63) is 59.2 Å². The molecular formula is C25H29N3O3. The Hall–Kier alpha value is -3.04. The smallest absolute Gasteiger partial charge is 0.217 e. The van der Waals surface area contributed by atoms with Crippen LogP contribution in [0, 0.1) is 17.2 Å². The number of carbonyl (C=O) groups excluding carboxylic acids is 1. The second-order valence-electron chi connectivity index (χ2n) is 8.45. The lowest BCUT2D eigenvalue weighted by atomic mass is 9.69. The van der Waals surface area contributed by atoms with Crippen LogP contribution in [0.15, 0.2) is 42.5 Å². The van der Waals surface area contributed by atoms with Gasteiger partial charge in [0.1, 0.15) is 17.1 Å². The Kier molecular flexibility index (Phi) is 6.15. The van der Waals surface area contributed by atoms with Gasteiger partial charge in [-0.3, -0.25) is 4.79 Å². The Morgan fingerprint density at radius 3 is 2.65 bits per heavy atom. The molecule has 2 aromatic carbocycles. The molecule has 2 atom stereocenters. The number of nitriles is 1. The van der Waals surface area contributed by atoms with E-state index < -0.39 is 0 Å². The van der Waals surface area contributed by atoms with Crippen LogP contribution in [0.3, 0.4) is 0 Å². The van der Waals surface area contributed by atoms with E-state index in [4.69, 9.17) is 14.7 Å². The molecule has 2 heterocycles. The third-order valence-corrected chi connectivity index (χ3v) is 6.58. The Morgan fingerprint density at radius 2 is 2.00 bits per heavy atom. The molecule has 0 saturated carbocycles. The highest BCUT2D eigenvalue weighted by molar-refractivity contribution is 5.74. The van der Waals surface area contributed by atoms with Gasteiger partial charge in [-0.05, 0) is 74.7 Å². The SMILES string of the molecule is COc1ccc2c(c1)C(NC(C)=O)C(CCc1ccc(C#N)cc1)C1(CCNCC1)O2. The molecule has 6 heteroatoms. The number of nitrogens with zero attached hydrogens (tertiary/aromatic N) is 1. The summed E-state index contributed by atoms with van der Waals surface area (Å²) >= 11 is 0. The number of piperidine rings is 1. The van der Waals surface area contributed by atoms with Crippen molar-refractivity contribution in [3.8, 4) is 17.6 Å². The van der Waals surface area contributed by atoms with Gasteiger partial charge in [-0.15, -0.1) is 0 Å². The maximum atomic E-state index is 12.2. The Labute approximate surface area is 183 Å². The number of hydrogen-bond donors (Lipinski definition) is 2. The lowest BCUT2D eigenvalue weighted by Gasteiger charge is -2.51. The van der Waals surface area contributed by atoms with Crippen molar-refractivity contribution in [2.45, 2.75) is 44.2 Å². The van der Waals surface area contributed by atoms with Crippen LogP contribution in [-0.4, -0.2) is 31.7 Å². The van der Waals surface area contributed by atoms with Crippen LogP contribution in [0.2, 0.25) is 0 Å². The maximum absolute atomic E-state index is 12.2. The molecule has 0 aromatic heterocycles. The summed E-state index contributed by atoms with van der Waals surface area (Å²) in [4.78, 5) is 12.2. The summed E-state index contributed by atoms with van der Waals surface area (Å²) < 4.78 is 12.2. The number of ether oxygens (including phenoxy) is 2. The van der Waals surface area contributed by atoms with Gasteiger partial charge in [0.2, 0.25) is 5.91 Å². The van der Waals surface area contributed by atoms with E-state index in [9.17, 15) is 4.79 Å². The standard InChI is InChI=1S/C25H29N3O3/c1-17(29)28-24-21-15-20(30-2)8-10-23(21)31-25(11-13-27-14-12-25)22(24)9-7-18-3-5-19(16-26)6-4-18/h3-6,8,10,15,22,24,27H,7,9,11-14H2,1-2H3,(H,28,29). The molecule has 31 heavy (non-hydrogen) atoms. The number of aryl methyl sites for hydroxylation is 1. The molecule has 2 aliphatic rings. The molecule has 2 aliphatic heterocycles. The molecule has 2 N–H and O–H groups in total. The quantitative estimate of drug-likeness (QED) is 0.775. The summed E-state index contributed by atoms with van der Waals surface area (Å²) in [7, 11) is 1.65. The summed E-state index contributed by atoms with van der Waals surface area (Å²) in [6, 6.07) is 15.6. The van der Waals surface area contributed by atoms with Crippen molar-refractivity contribution < 1.29 is 14.3 Å². The fourth-order valence-corrected chi connectivity index (χ4v) is 5.02. The lowest BCUT2D eigenvalue weighted by molar-refractivity contribution is -0.122.